The number of rotatable bonds is 7. The van der Waals surface area contributed by atoms with Crippen LogP contribution in [-0.4, -0.2) is 45.3 Å². The van der Waals surface area contributed by atoms with Gasteiger partial charge in [-0.05, 0) is 50.7 Å². The second kappa shape index (κ2) is 7.35. The molecule has 140 valence electrons. The zero-order chi connectivity index (χ0) is 18.1. The Morgan fingerprint density at radius 3 is 2.52 bits per heavy atom. The van der Waals surface area contributed by atoms with E-state index < -0.39 is 10.0 Å². The average molecular weight is 368 g/mol. The van der Waals surface area contributed by atoms with E-state index in [1.807, 2.05) is 19.1 Å². The van der Waals surface area contributed by atoms with Crippen LogP contribution in [0, 0.1) is 12.8 Å². The Morgan fingerprint density at radius 1 is 1.20 bits per heavy atom. The normalized spacial score (nSPS) is 29.3. The Labute approximate surface area is 151 Å². The number of methoxy groups -OCH3 is 2. The third-order valence-corrected chi connectivity index (χ3v) is 7.81. The predicted molar refractivity (Wildman–Crippen MR) is 96.8 cm³/mol. The molecule has 5 nitrogen and oxygen atoms in total. The van der Waals surface area contributed by atoms with E-state index in [0.29, 0.717) is 17.4 Å². The van der Waals surface area contributed by atoms with Crippen molar-refractivity contribution in [1.29, 1.82) is 0 Å². The van der Waals surface area contributed by atoms with Gasteiger partial charge in [0.1, 0.15) is 0 Å². The highest BCUT2D eigenvalue weighted by atomic mass is 32.2. The zero-order valence-corrected chi connectivity index (χ0v) is 16.2. The van der Waals surface area contributed by atoms with Gasteiger partial charge >= 0.3 is 0 Å². The molecule has 6 heteroatoms. The SMILES string of the molecule is COC(CC[C@@H]1CCCC[C@]12CN2S(=O)(=O)c1ccc(C)cc1)OC. The standard InChI is InChI=1S/C19H29NO4S/c1-15-7-10-17(11-8-15)25(21,22)20-14-19(20)13-5-4-6-16(19)9-12-18(23-2)24-3/h7-8,10-11,16,18H,4-6,9,12-14H2,1-3H3/t16-,19-,20?/m0/s1. The van der Waals surface area contributed by atoms with Crippen molar-refractivity contribution >= 4 is 10.0 Å². The molecule has 1 spiro atoms. The van der Waals surface area contributed by atoms with Crippen molar-refractivity contribution in [3.63, 3.8) is 0 Å². The first-order valence-electron chi connectivity index (χ1n) is 9.09. The molecule has 1 aliphatic carbocycles. The molecule has 1 unspecified atom stereocenters. The highest BCUT2D eigenvalue weighted by Crippen LogP contribution is 2.53. The lowest BCUT2D eigenvalue weighted by atomic mass is 9.76. The van der Waals surface area contributed by atoms with Gasteiger partial charge in [0.05, 0.1) is 10.4 Å². The third kappa shape index (κ3) is 3.63. The number of aryl methyl sites for hydroxylation is 1. The summed E-state index contributed by atoms with van der Waals surface area (Å²) in [7, 11) is -0.105. The minimum Gasteiger partial charge on any atom is -0.356 e. The highest BCUT2D eigenvalue weighted by molar-refractivity contribution is 7.89. The largest absolute Gasteiger partial charge is 0.356 e. The van der Waals surface area contributed by atoms with E-state index in [1.54, 1.807) is 30.7 Å². The van der Waals surface area contributed by atoms with Crippen molar-refractivity contribution in [1.82, 2.24) is 4.31 Å². The molecule has 1 aromatic carbocycles. The number of hydrogen-bond donors (Lipinski definition) is 0. The molecular formula is C19H29NO4S. The van der Waals surface area contributed by atoms with Gasteiger partial charge in [-0.25, -0.2) is 8.42 Å². The fourth-order valence-electron chi connectivity index (χ4n) is 4.29. The van der Waals surface area contributed by atoms with E-state index in [9.17, 15) is 8.42 Å². The van der Waals surface area contributed by atoms with E-state index in [2.05, 4.69) is 0 Å². The van der Waals surface area contributed by atoms with E-state index in [1.165, 1.54) is 6.42 Å². The molecule has 0 radical (unpaired) electrons. The van der Waals surface area contributed by atoms with Gasteiger partial charge in [-0.15, -0.1) is 0 Å². The Balaban J connectivity index is 1.75. The van der Waals surface area contributed by atoms with Crippen molar-refractivity contribution in [3.8, 4) is 0 Å². The van der Waals surface area contributed by atoms with E-state index in [4.69, 9.17) is 9.47 Å². The lowest BCUT2D eigenvalue weighted by Gasteiger charge is -2.33. The van der Waals surface area contributed by atoms with Crippen LogP contribution < -0.4 is 0 Å². The predicted octanol–water partition coefficient (Wildman–Crippen LogP) is 3.33. The quantitative estimate of drug-likeness (QED) is 0.548. The molecule has 1 heterocycles. The number of benzene rings is 1. The van der Waals surface area contributed by atoms with Gasteiger partial charge in [0.2, 0.25) is 10.0 Å². The monoisotopic (exact) mass is 367 g/mol. The molecule has 2 fully saturated rings. The van der Waals surface area contributed by atoms with Crippen LogP contribution in [0.5, 0.6) is 0 Å². The molecule has 1 saturated carbocycles. The van der Waals surface area contributed by atoms with Gasteiger partial charge in [-0.3, -0.25) is 0 Å². The van der Waals surface area contributed by atoms with E-state index in [0.717, 1.165) is 37.7 Å². The Morgan fingerprint density at radius 2 is 1.88 bits per heavy atom. The topological polar surface area (TPSA) is 55.6 Å². The summed E-state index contributed by atoms with van der Waals surface area (Å²) in [5, 5.41) is 0. The van der Waals surface area contributed by atoms with Crippen LogP contribution in [0.2, 0.25) is 0 Å². The Bertz CT molecular complexity index is 684. The van der Waals surface area contributed by atoms with Crippen LogP contribution in [0.15, 0.2) is 29.2 Å². The first-order valence-corrected chi connectivity index (χ1v) is 10.5. The van der Waals surface area contributed by atoms with Crippen LogP contribution in [0.4, 0.5) is 0 Å². The average Bonchev–Trinajstić information content (AvgIpc) is 3.33. The van der Waals surface area contributed by atoms with E-state index >= 15 is 0 Å². The van der Waals surface area contributed by atoms with Crippen LogP contribution >= 0.6 is 0 Å². The molecule has 3 atom stereocenters. The molecule has 0 amide bonds. The Kier molecular flexibility index (Phi) is 5.54. The molecule has 1 saturated heterocycles. The number of ether oxygens (including phenoxy) is 2. The number of nitrogens with zero attached hydrogens (tertiary/aromatic N) is 1. The first-order chi connectivity index (χ1) is 11.9. The lowest BCUT2D eigenvalue weighted by Crippen LogP contribution is -2.35. The zero-order valence-electron chi connectivity index (χ0n) is 15.4. The summed E-state index contributed by atoms with van der Waals surface area (Å²) in [6.07, 6.45) is 5.86. The van der Waals surface area contributed by atoms with Crippen LogP contribution in [0.3, 0.4) is 0 Å². The lowest BCUT2D eigenvalue weighted by molar-refractivity contribution is -0.109. The van der Waals surface area contributed by atoms with Crippen LogP contribution in [0.25, 0.3) is 0 Å². The van der Waals surface area contributed by atoms with Gasteiger partial charge < -0.3 is 9.47 Å². The molecular weight excluding hydrogens is 338 g/mol. The molecule has 0 aromatic heterocycles. The van der Waals surface area contributed by atoms with Crippen LogP contribution in [0.1, 0.15) is 44.1 Å². The van der Waals surface area contributed by atoms with Gasteiger partial charge in [-0.1, -0.05) is 30.5 Å². The Hall–Kier alpha value is -0.950. The molecule has 25 heavy (non-hydrogen) atoms. The summed E-state index contributed by atoms with van der Waals surface area (Å²) < 4.78 is 38.4. The van der Waals surface area contributed by atoms with Crippen molar-refractivity contribution in [2.45, 2.75) is 62.2 Å². The molecule has 0 N–H and O–H groups in total. The van der Waals surface area contributed by atoms with Crippen molar-refractivity contribution < 1.29 is 17.9 Å². The van der Waals surface area contributed by atoms with Gasteiger partial charge in [0.15, 0.2) is 6.29 Å². The molecule has 3 rings (SSSR count). The van der Waals surface area contributed by atoms with Gasteiger partial charge in [0, 0.05) is 20.8 Å². The fourth-order valence-corrected chi connectivity index (χ4v) is 6.14. The maximum Gasteiger partial charge on any atom is 0.243 e. The minimum absolute atomic E-state index is 0.187. The fraction of sp³-hybridized carbons (Fsp3) is 0.684. The van der Waals surface area contributed by atoms with Crippen molar-refractivity contribution in [3.05, 3.63) is 29.8 Å². The summed E-state index contributed by atoms with van der Waals surface area (Å²) in [6, 6.07) is 7.17. The van der Waals surface area contributed by atoms with Gasteiger partial charge in [0.25, 0.3) is 0 Å². The summed E-state index contributed by atoms with van der Waals surface area (Å²) in [6.45, 7) is 2.62. The molecule has 2 aliphatic rings. The number of sulfonamides is 1. The summed E-state index contributed by atoms with van der Waals surface area (Å²) in [5.41, 5.74) is 0.883. The second-order valence-electron chi connectivity index (χ2n) is 7.35. The first kappa shape index (κ1) is 18.8. The van der Waals surface area contributed by atoms with Gasteiger partial charge in [-0.2, -0.15) is 4.31 Å². The maximum atomic E-state index is 13.1. The maximum absolute atomic E-state index is 13.1. The smallest absolute Gasteiger partial charge is 0.243 e. The number of hydrogen-bond acceptors (Lipinski definition) is 4. The molecule has 1 aromatic rings. The molecule has 0 bridgehead atoms. The third-order valence-electron chi connectivity index (χ3n) is 5.87. The van der Waals surface area contributed by atoms with Crippen LogP contribution in [-0.2, 0) is 19.5 Å². The van der Waals surface area contributed by atoms with Crippen molar-refractivity contribution in [2.24, 2.45) is 5.92 Å². The summed E-state index contributed by atoms with van der Waals surface area (Å²) in [4.78, 5) is 0.408. The van der Waals surface area contributed by atoms with E-state index in [-0.39, 0.29) is 11.8 Å². The highest BCUT2D eigenvalue weighted by Gasteiger charge is 2.62. The minimum atomic E-state index is -3.40. The summed E-state index contributed by atoms with van der Waals surface area (Å²) in [5.74, 6) is 0.384. The van der Waals surface area contributed by atoms with Crippen molar-refractivity contribution in [2.75, 3.05) is 20.8 Å². The second-order valence-corrected chi connectivity index (χ2v) is 9.21. The molecule has 1 aliphatic heterocycles. The summed E-state index contributed by atoms with van der Waals surface area (Å²) >= 11 is 0.